The van der Waals surface area contributed by atoms with Gasteiger partial charge in [-0.3, -0.25) is 0 Å². The van der Waals surface area contributed by atoms with E-state index in [0.717, 1.165) is 6.08 Å². The number of aliphatic hydroxyl groups excluding tert-OH is 3. The number of carboxylic acid groups (broad SMARTS) is 1. The van der Waals surface area contributed by atoms with Crippen LogP contribution in [0.15, 0.2) is 24.3 Å². The molecule has 9 nitrogen and oxygen atoms in total. The van der Waals surface area contributed by atoms with Gasteiger partial charge in [0.05, 0.1) is 12.2 Å². The van der Waals surface area contributed by atoms with E-state index in [1.165, 1.54) is 24.3 Å². The summed E-state index contributed by atoms with van der Waals surface area (Å²) in [5, 5.41) is 67.0. The summed E-state index contributed by atoms with van der Waals surface area (Å²) in [5.41, 5.74) is -1.83. The second-order valence-electron chi connectivity index (χ2n) is 5.98. The highest BCUT2D eigenvalue weighted by Gasteiger charge is 2.49. The first-order valence-electron chi connectivity index (χ1n) is 7.48. The molecule has 0 saturated heterocycles. The van der Waals surface area contributed by atoms with Gasteiger partial charge in [0.25, 0.3) is 0 Å². The fourth-order valence-electron chi connectivity index (χ4n) is 2.62. The summed E-state index contributed by atoms with van der Waals surface area (Å²) in [4.78, 5) is 11.1. The van der Waals surface area contributed by atoms with Gasteiger partial charge in [-0.05, 0) is 23.8 Å². The van der Waals surface area contributed by atoms with E-state index in [2.05, 4.69) is 0 Å². The van der Waals surface area contributed by atoms with Crippen molar-refractivity contribution in [3.63, 3.8) is 0 Å². The van der Waals surface area contributed by atoms with Crippen molar-refractivity contribution in [3.05, 3.63) is 29.8 Å². The Morgan fingerprint density at radius 3 is 2.52 bits per heavy atom. The minimum absolute atomic E-state index is 0.304. The van der Waals surface area contributed by atoms with E-state index >= 15 is 0 Å². The Kier molecular flexibility index (Phi) is 5.65. The van der Waals surface area contributed by atoms with Crippen molar-refractivity contribution in [1.29, 1.82) is 0 Å². The summed E-state index contributed by atoms with van der Waals surface area (Å²) in [6, 6.07) is 3.94. The molecule has 0 amide bonds. The van der Waals surface area contributed by atoms with Crippen LogP contribution in [0.5, 0.6) is 11.5 Å². The van der Waals surface area contributed by atoms with Crippen LogP contribution < -0.4 is 0 Å². The van der Waals surface area contributed by atoms with Crippen LogP contribution in [0.3, 0.4) is 0 Å². The average molecular weight is 356 g/mol. The number of aromatic hydroxyl groups is 2. The number of hydrogen-bond acceptors (Lipinski definition) is 8. The maximum Gasteiger partial charge on any atom is 0.335 e. The van der Waals surface area contributed by atoms with Crippen molar-refractivity contribution >= 4 is 12.0 Å². The smallest absolute Gasteiger partial charge is 0.335 e. The van der Waals surface area contributed by atoms with Gasteiger partial charge in [0.15, 0.2) is 23.4 Å². The van der Waals surface area contributed by atoms with Crippen LogP contribution in [0.1, 0.15) is 18.4 Å². The van der Waals surface area contributed by atoms with Gasteiger partial charge in [-0.15, -0.1) is 0 Å². The highest BCUT2D eigenvalue weighted by Crippen LogP contribution is 2.32. The maximum absolute atomic E-state index is 11.1. The van der Waals surface area contributed by atoms with E-state index in [1.807, 2.05) is 0 Å². The molecule has 0 aliphatic heterocycles. The van der Waals surface area contributed by atoms with Crippen LogP contribution >= 0.6 is 0 Å². The van der Waals surface area contributed by atoms with Crippen LogP contribution in [-0.2, 0) is 9.53 Å². The molecule has 0 spiro atoms. The van der Waals surface area contributed by atoms with Crippen LogP contribution in [0.2, 0.25) is 0 Å². The molecule has 0 heterocycles. The summed E-state index contributed by atoms with van der Waals surface area (Å²) in [6.45, 7) is 0. The molecule has 1 aromatic carbocycles. The van der Waals surface area contributed by atoms with Gasteiger partial charge >= 0.3 is 5.97 Å². The van der Waals surface area contributed by atoms with Gasteiger partial charge in [-0.1, -0.05) is 12.1 Å². The van der Waals surface area contributed by atoms with Crippen LogP contribution in [0.4, 0.5) is 0 Å². The quantitative estimate of drug-likeness (QED) is 0.262. The van der Waals surface area contributed by atoms with Crippen molar-refractivity contribution in [3.8, 4) is 11.5 Å². The van der Waals surface area contributed by atoms with E-state index in [9.17, 15) is 35.4 Å². The first-order chi connectivity index (χ1) is 11.6. The molecule has 25 heavy (non-hydrogen) atoms. The SMILES string of the molecule is O=C(O)[C@]1(O)C[C@@H](O)[C@@H](O)[C@H](OC(O)/C=C/c2ccc(O)c(O)c2)C1. The zero-order valence-corrected chi connectivity index (χ0v) is 13.1. The summed E-state index contributed by atoms with van der Waals surface area (Å²) in [5.74, 6) is -2.22. The largest absolute Gasteiger partial charge is 0.504 e. The summed E-state index contributed by atoms with van der Waals surface area (Å²) in [6.07, 6.45) is -4.42. The lowest BCUT2D eigenvalue weighted by molar-refractivity contribution is -0.216. The molecule has 1 aromatic rings. The topological polar surface area (TPSA) is 168 Å². The third kappa shape index (κ3) is 4.47. The van der Waals surface area contributed by atoms with Crippen molar-refractivity contribution < 1.29 is 45.3 Å². The minimum Gasteiger partial charge on any atom is -0.504 e. The standard InChI is InChI=1S/C16H20O9/c17-9-3-1-8(5-10(9)18)2-4-13(20)25-12-7-16(24,15(22)23)6-11(19)14(12)21/h1-5,11-14,17-21,24H,6-7H2,(H,22,23)/b4-2+/t11-,12-,13?,14-,16+/m1/s1. The zero-order chi connectivity index (χ0) is 18.8. The second-order valence-corrected chi connectivity index (χ2v) is 5.98. The first kappa shape index (κ1) is 19.2. The van der Waals surface area contributed by atoms with Crippen LogP contribution in [0.25, 0.3) is 6.08 Å². The molecule has 0 aromatic heterocycles. The number of phenolic OH excluding ortho intramolecular Hbond substituents is 2. The Morgan fingerprint density at radius 1 is 1.24 bits per heavy atom. The maximum atomic E-state index is 11.1. The fraction of sp³-hybridized carbons (Fsp3) is 0.438. The molecule has 1 aliphatic carbocycles. The number of aliphatic hydroxyl groups is 4. The van der Waals surface area contributed by atoms with E-state index in [-0.39, 0.29) is 11.5 Å². The van der Waals surface area contributed by atoms with Crippen molar-refractivity contribution in [1.82, 2.24) is 0 Å². The van der Waals surface area contributed by atoms with E-state index in [1.54, 1.807) is 0 Å². The highest BCUT2D eigenvalue weighted by molar-refractivity contribution is 5.77. The van der Waals surface area contributed by atoms with Crippen molar-refractivity contribution in [2.45, 2.75) is 43.0 Å². The molecule has 1 unspecified atom stereocenters. The minimum atomic E-state index is -2.27. The molecule has 9 heteroatoms. The molecule has 0 bridgehead atoms. The predicted molar refractivity (Wildman–Crippen MR) is 83.5 cm³/mol. The number of hydrogen-bond donors (Lipinski definition) is 7. The Bertz CT molecular complexity index is 659. The number of carboxylic acids is 1. The average Bonchev–Trinajstić information content (AvgIpc) is 2.53. The Hall–Kier alpha value is -2.17. The molecule has 138 valence electrons. The van der Waals surface area contributed by atoms with Gasteiger partial charge in [0.2, 0.25) is 0 Å². The lowest BCUT2D eigenvalue weighted by Crippen LogP contribution is -2.57. The van der Waals surface area contributed by atoms with E-state index in [0.29, 0.717) is 5.56 Å². The number of aliphatic carboxylic acids is 1. The normalized spacial score (nSPS) is 31.1. The lowest BCUT2D eigenvalue weighted by atomic mass is 9.79. The molecular weight excluding hydrogens is 336 g/mol. The summed E-state index contributed by atoms with van der Waals surface area (Å²) >= 11 is 0. The molecule has 1 saturated carbocycles. The summed E-state index contributed by atoms with van der Waals surface area (Å²) < 4.78 is 5.12. The third-order valence-electron chi connectivity index (χ3n) is 4.03. The number of benzene rings is 1. The molecule has 7 N–H and O–H groups in total. The molecule has 0 radical (unpaired) electrons. The van der Waals surface area contributed by atoms with E-state index < -0.39 is 49.0 Å². The van der Waals surface area contributed by atoms with Crippen LogP contribution in [-0.4, -0.2) is 71.9 Å². The number of rotatable bonds is 5. The fourth-order valence-corrected chi connectivity index (χ4v) is 2.62. The van der Waals surface area contributed by atoms with Crippen LogP contribution in [0, 0.1) is 0 Å². The summed E-state index contributed by atoms with van der Waals surface area (Å²) in [7, 11) is 0. The molecule has 1 fully saturated rings. The Labute approximate surface area is 142 Å². The Morgan fingerprint density at radius 2 is 1.92 bits per heavy atom. The third-order valence-corrected chi connectivity index (χ3v) is 4.03. The predicted octanol–water partition coefficient (Wildman–Crippen LogP) is -0.854. The number of ether oxygens (including phenoxy) is 1. The van der Waals surface area contributed by atoms with Gasteiger partial charge < -0.3 is 40.5 Å². The number of carbonyl (C=O) groups is 1. The Balaban J connectivity index is 2.04. The molecule has 1 aliphatic rings. The molecular formula is C16H20O9. The second kappa shape index (κ2) is 7.38. The van der Waals surface area contributed by atoms with E-state index in [4.69, 9.17) is 9.84 Å². The van der Waals surface area contributed by atoms with Crippen molar-refractivity contribution in [2.24, 2.45) is 0 Å². The first-order valence-corrected chi connectivity index (χ1v) is 7.48. The van der Waals surface area contributed by atoms with Gasteiger partial charge in [-0.2, -0.15) is 0 Å². The van der Waals surface area contributed by atoms with Gasteiger partial charge in [0, 0.05) is 12.8 Å². The van der Waals surface area contributed by atoms with Gasteiger partial charge in [0.1, 0.15) is 6.10 Å². The highest BCUT2D eigenvalue weighted by atomic mass is 16.6. The lowest BCUT2D eigenvalue weighted by Gasteiger charge is -2.40. The molecule has 2 rings (SSSR count). The number of phenols is 2. The van der Waals surface area contributed by atoms with Crippen molar-refractivity contribution in [2.75, 3.05) is 0 Å². The monoisotopic (exact) mass is 356 g/mol. The zero-order valence-electron chi connectivity index (χ0n) is 13.1. The molecule has 5 atom stereocenters. The van der Waals surface area contributed by atoms with Gasteiger partial charge in [-0.25, -0.2) is 4.79 Å².